The van der Waals surface area contributed by atoms with Crippen LogP contribution < -0.4 is 15.4 Å². The van der Waals surface area contributed by atoms with Gasteiger partial charge in [0.15, 0.2) is 0 Å². The minimum Gasteiger partial charge on any atom is -0.497 e. The number of halogens is 3. The molecule has 0 fully saturated rings. The van der Waals surface area contributed by atoms with Crippen LogP contribution in [0.5, 0.6) is 5.75 Å². The van der Waals surface area contributed by atoms with Gasteiger partial charge in [-0.3, -0.25) is 9.59 Å². The summed E-state index contributed by atoms with van der Waals surface area (Å²) >= 11 is 0. The third kappa shape index (κ3) is 5.17. The first-order valence-electron chi connectivity index (χ1n) is 5.57. The molecule has 0 aromatic heterocycles. The number of alkyl halides is 3. The molecular weight excluding hydrogens is 277 g/mol. The Morgan fingerprint density at radius 3 is 2.25 bits per heavy atom. The molecule has 0 radical (unpaired) electrons. The quantitative estimate of drug-likeness (QED) is 0.850. The maximum absolute atomic E-state index is 11.9. The van der Waals surface area contributed by atoms with Gasteiger partial charge in [0.25, 0.3) is 0 Å². The molecule has 0 aliphatic heterocycles. The van der Waals surface area contributed by atoms with Crippen molar-refractivity contribution in [3.8, 4) is 5.75 Å². The molecular formula is C12H13F3N2O3. The fourth-order valence-electron chi connectivity index (χ4n) is 1.27. The van der Waals surface area contributed by atoms with Crippen LogP contribution in [0.4, 0.5) is 13.2 Å². The largest absolute Gasteiger partial charge is 0.497 e. The van der Waals surface area contributed by atoms with Crippen molar-refractivity contribution in [2.75, 3.05) is 13.7 Å². The fourth-order valence-corrected chi connectivity index (χ4v) is 1.27. The van der Waals surface area contributed by atoms with E-state index in [1.807, 2.05) is 0 Å². The monoisotopic (exact) mass is 290 g/mol. The van der Waals surface area contributed by atoms with Gasteiger partial charge >= 0.3 is 12.1 Å². The molecule has 1 aromatic carbocycles. The first-order valence-corrected chi connectivity index (χ1v) is 5.57. The molecule has 0 spiro atoms. The topological polar surface area (TPSA) is 67.4 Å². The Kier molecular flexibility index (Phi) is 5.36. The summed E-state index contributed by atoms with van der Waals surface area (Å²) in [6.45, 7) is -0.584. The maximum Gasteiger partial charge on any atom is 0.471 e. The minimum atomic E-state index is -4.99. The summed E-state index contributed by atoms with van der Waals surface area (Å²) in [6, 6.07) is 6.78. The summed E-state index contributed by atoms with van der Waals surface area (Å²) in [5.74, 6) is -2.20. The molecule has 0 aliphatic carbocycles. The zero-order valence-electron chi connectivity index (χ0n) is 10.6. The molecule has 5 nitrogen and oxygen atoms in total. The lowest BCUT2D eigenvalue weighted by molar-refractivity contribution is -0.173. The van der Waals surface area contributed by atoms with Crippen LogP contribution in [0.25, 0.3) is 0 Å². The standard InChI is InChI=1S/C12H13F3N2O3/c1-20-9-4-2-8(3-5-9)6-16-10(18)7-17-11(19)12(13,14)15/h2-5H,6-7H2,1H3,(H,16,18)(H,17,19). The number of methoxy groups -OCH3 is 1. The molecule has 0 saturated heterocycles. The highest BCUT2D eigenvalue weighted by molar-refractivity contribution is 5.87. The van der Waals surface area contributed by atoms with Crippen LogP contribution in [-0.4, -0.2) is 31.6 Å². The zero-order chi connectivity index (χ0) is 15.2. The van der Waals surface area contributed by atoms with Gasteiger partial charge in [0.05, 0.1) is 13.7 Å². The first kappa shape index (κ1) is 15.8. The molecule has 20 heavy (non-hydrogen) atoms. The second-order valence-corrected chi connectivity index (χ2v) is 3.81. The van der Waals surface area contributed by atoms with E-state index in [9.17, 15) is 22.8 Å². The summed E-state index contributed by atoms with van der Waals surface area (Å²) in [6.07, 6.45) is -4.99. The summed E-state index contributed by atoms with van der Waals surface area (Å²) in [5, 5.41) is 3.86. The number of carbonyl (C=O) groups is 2. The molecule has 2 amide bonds. The molecule has 0 atom stereocenters. The molecule has 0 unspecified atom stereocenters. The third-order valence-electron chi connectivity index (χ3n) is 2.32. The van der Waals surface area contributed by atoms with Crippen LogP contribution in [0.2, 0.25) is 0 Å². The molecule has 0 bridgehead atoms. The van der Waals surface area contributed by atoms with E-state index in [-0.39, 0.29) is 6.54 Å². The lowest BCUT2D eigenvalue weighted by Gasteiger charge is -2.09. The summed E-state index contributed by atoms with van der Waals surface area (Å²) in [7, 11) is 1.51. The Bertz CT molecular complexity index is 472. The number of nitrogens with one attached hydrogen (secondary N) is 2. The molecule has 2 N–H and O–H groups in total. The van der Waals surface area contributed by atoms with Crippen LogP contribution in [0.1, 0.15) is 5.56 Å². The van der Waals surface area contributed by atoms with E-state index in [1.165, 1.54) is 12.4 Å². The van der Waals surface area contributed by atoms with Gasteiger partial charge in [0.1, 0.15) is 5.75 Å². The Balaban J connectivity index is 2.34. The van der Waals surface area contributed by atoms with Gasteiger partial charge < -0.3 is 15.4 Å². The lowest BCUT2D eigenvalue weighted by atomic mass is 10.2. The predicted octanol–water partition coefficient (Wildman–Crippen LogP) is 0.990. The van der Waals surface area contributed by atoms with Crippen molar-refractivity contribution in [2.45, 2.75) is 12.7 Å². The van der Waals surface area contributed by atoms with Crippen molar-refractivity contribution in [2.24, 2.45) is 0 Å². The van der Waals surface area contributed by atoms with Crippen molar-refractivity contribution in [3.05, 3.63) is 29.8 Å². The molecule has 0 aliphatic rings. The maximum atomic E-state index is 11.9. The number of hydrogen-bond donors (Lipinski definition) is 2. The van der Waals surface area contributed by atoms with Gasteiger partial charge in [-0.2, -0.15) is 13.2 Å². The van der Waals surface area contributed by atoms with Crippen LogP contribution in [0.3, 0.4) is 0 Å². The van der Waals surface area contributed by atoms with Gasteiger partial charge in [-0.15, -0.1) is 0 Å². The highest BCUT2D eigenvalue weighted by Crippen LogP contribution is 2.13. The zero-order valence-corrected chi connectivity index (χ0v) is 10.6. The molecule has 1 aromatic rings. The average molecular weight is 290 g/mol. The van der Waals surface area contributed by atoms with Gasteiger partial charge in [-0.25, -0.2) is 0 Å². The van der Waals surface area contributed by atoms with E-state index in [4.69, 9.17) is 4.74 Å². The average Bonchev–Trinajstić information content (AvgIpc) is 2.41. The highest BCUT2D eigenvalue weighted by atomic mass is 19.4. The second-order valence-electron chi connectivity index (χ2n) is 3.81. The van der Waals surface area contributed by atoms with Gasteiger partial charge in [-0.05, 0) is 17.7 Å². The van der Waals surface area contributed by atoms with Crippen LogP contribution in [-0.2, 0) is 16.1 Å². The number of hydrogen-bond acceptors (Lipinski definition) is 3. The second kappa shape index (κ2) is 6.78. The summed E-state index contributed by atoms with van der Waals surface area (Å²) in [5.41, 5.74) is 0.751. The minimum absolute atomic E-state index is 0.144. The molecule has 8 heteroatoms. The molecule has 0 heterocycles. The van der Waals surface area contributed by atoms with Gasteiger partial charge in [0.2, 0.25) is 5.91 Å². The number of ether oxygens (including phenoxy) is 1. The van der Waals surface area contributed by atoms with E-state index in [0.717, 1.165) is 5.56 Å². The van der Waals surface area contributed by atoms with E-state index >= 15 is 0 Å². The lowest BCUT2D eigenvalue weighted by Crippen LogP contribution is -2.42. The van der Waals surface area contributed by atoms with Gasteiger partial charge in [0, 0.05) is 6.54 Å². The van der Waals surface area contributed by atoms with Gasteiger partial charge in [-0.1, -0.05) is 12.1 Å². The van der Waals surface area contributed by atoms with Crippen molar-refractivity contribution in [1.29, 1.82) is 0 Å². The van der Waals surface area contributed by atoms with Crippen LogP contribution in [0, 0.1) is 0 Å². The predicted molar refractivity (Wildman–Crippen MR) is 63.9 cm³/mol. The Morgan fingerprint density at radius 1 is 1.15 bits per heavy atom. The van der Waals surface area contributed by atoms with Crippen molar-refractivity contribution in [1.82, 2.24) is 10.6 Å². The summed E-state index contributed by atoms with van der Waals surface area (Å²) in [4.78, 5) is 21.7. The van der Waals surface area contributed by atoms with Crippen LogP contribution in [0.15, 0.2) is 24.3 Å². The van der Waals surface area contributed by atoms with E-state index < -0.39 is 24.5 Å². The summed E-state index contributed by atoms with van der Waals surface area (Å²) < 4.78 is 40.5. The molecule has 1 rings (SSSR count). The smallest absolute Gasteiger partial charge is 0.471 e. The van der Waals surface area contributed by atoms with E-state index in [2.05, 4.69) is 5.32 Å². The van der Waals surface area contributed by atoms with Crippen molar-refractivity contribution < 1.29 is 27.5 Å². The highest BCUT2D eigenvalue weighted by Gasteiger charge is 2.38. The normalized spacial score (nSPS) is 10.8. The SMILES string of the molecule is COc1ccc(CNC(=O)CNC(=O)C(F)(F)F)cc1. The number of carbonyl (C=O) groups excluding carboxylic acids is 2. The Morgan fingerprint density at radius 2 is 1.75 bits per heavy atom. The number of rotatable bonds is 5. The van der Waals surface area contributed by atoms with E-state index in [0.29, 0.717) is 5.75 Å². The number of benzene rings is 1. The Hall–Kier alpha value is -2.25. The van der Waals surface area contributed by atoms with Crippen molar-refractivity contribution >= 4 is 11.8 Å². The fraction of sp³-hybridized carbons (Fsp3) is 0.333. The third-order valence-corrected chi connectivity index (χ3v) is 2.32. The number of amides is 2. The van der Waals surface area contributed by atoms with Crippen LogP contribution >= 0.6 is 0 Å². The van der Waals surface area contributed by atoms with Crippen molar-refractivity contribution in [3.63, 3.8) is 0 Å². The first-order chi connectivity index (χ1) is 9.32. The molecule has 0 saturated carbocycles. The Labute approximate surface area is 113 Å². The van der Waals surface area contributed by atoms with E-state index in [1.54, 1.807) is 24.3 Å². The molecule has 110 valence electrons.